The summed E-state index contributed by atoms with van der Waals surface area (Å²) in [7, 11) is 0. The van der Waals surface area contributed by atoms with E-state index in [1.165, 1.54) is 70.6 Å². The van der Waals surface area contributed by atoms with Crippen molar-refractivity contribution in [2.24, 2.45) is 0 Å². The molecule has 0 aliphatic heterocycles. The lowest BCUT2D eigenvalue weighted by molar-refractivity contribution is -0.134. The van der Waals surface area contributed by atoms with Gasteiger partial charge >= 0.3 is 35.8 Å². The van der Waals surface area contributed by atoms with Crippen LogP contribution in [0.1, 0.15) is 0 Å². The number of thioether (sulfide) groups is 6. The zero-order chi connectivity index (χ0) is 83.7. The third kappa shape index (κ3) is 30.7. The molecular formula is C90H66O12S18. The van der Waals surface area contributed by atoms with Crippen LogP contribution in [0.5, 0.6) is 0 Å². The van der Waals surface area contributed by atoms with Gasteiger partial charge in [-0.1, -0.05) is 141 Å². The molecule has 13 aromatic rings. The Morgan fingerprint density at radius 2 is 0.208 bits per heavy atom. The highest BCUT2D eigenvalue weighted by atomic mass is 32.2. The van der Waals surface area contributed by atoms with Gasteiger partial charge in [-0.3, -0.25) is 28.8 Å². The summed E-state index contributed by atoms with van der Waals surface area (Å²) in [6, 6.07) is 99.9. The Morgan fingerprint density at radius 1 is 0.133 bits per heavy atom. The highest BCUT2D eigenvalue weighted by molar-refractivity contribution is 8.04. The monoisotopic (exact) mass is 1910 g/mol. The molecule has 0 amide bonds. The molecule has 0 saturated heterocycles. The molecule has 0 aliphatic rings. The number of hydrogen-bond donors (Lipinski definition) is 6. The van der Waals surface area contributed by atoms with Crippen LogP contribution in [0.2, 0.25) is 0 Å². The fourth-order valence-electron chi connectivity index (χ4n) is 10.7. The van der Waals surface area contributed by atoms with E-state index in [4.69, 9.17) is 0 Å². The van der Waals surface area contributed by atoms with Crippen molar-refractivity contribution < 1.29 is 59.4 Å². The predicted octanol–water partition coefficient (Wildman–Crippen LogP) is 28.6. The van der Waals surface area contributed by atoms with Gasteiger partial charge in [0.1, 0.15) is 0 Å². The molecule has 13 rings (SSSR count). The molecule has 0 radical (unpaired) electrons. The van der Waals surface area contributed by atoms with E-state index in [0.717, 1.165) is 147 Å². The number of carboxylic acids is 6. The first-order valence-electron chi connectivity index (χ1n) is 35.9. The molecule has 0 fully saturated rings. The zero-order valence-corrected chi connectivity index (χ0v) is 77.1. The van der Waals surface area contributed by atoms with E-state index in [2.05, 4.69) is 146 Å². The van der Waals surface area contributed by atoms with Crippen LogP contribution in [0.25, 0.3) is 0 Å². The Balaban J connectivity index is 0.757. The second-order valence-electron chi connectivity index (χ2n) is 25.1. The first kappa shape index (κ1) is 90.7. The Bertz CT molecular complexity index is 4920. The van der Waals surface area contributed by atoms with Gasteiger partial charge in [-0.05, 0) is 291 Å². The molecular weight excluding hydrogens is 1850 g/mol. The van der Waals surface area contributed by atoms with Crippen LogP contribution in [-0.2, 0) is 28.8 Å². The smallest absolute Gasteiger partial charge is 0.313 e. The number of hydrogen-bond acceptors (Lipinski definition) is 24. The minimum absolute atomic E-state index is 0.0181. The molecule has 6 N–H and O–H groups in total. The minimum atomic E-state index is -0.867. The van der Waals surface area contributed by atoms with Crippen LogP contribution >= 0.6 is 212 Å². The van der Waals surface area contributed by atoms with Gasteiger partial charge in [-0.2, -0.15) is 0 Å². The van der Waals surface area contributed by atoms with E-state index in [1.807, 2.05) is 146 Å². The van der Waals surface area contributed by atoms with Gasteiger partial charge in [0.2, 0.25) is 0 Å². The van der Waals surface area contributed by atoms with Crippen LogP contribution in [0, 0.1) is 0 Å². The summed E-state index contributed by atoms with van der Waals surface area (Å²) >= 11 is 27.6. The lowest BCUT2D eigenvalue weighted by Gasteiger charge is -2.12. The summed E-state index contributed by atoms with van der Waals surface area (Å²) in [6.07, 6.45) is 0. The summed E-state index contributed by atoms with van der Waals surface area (Å²) in [5.74, 6) is -5.31. The van der Waals surface area contributed by atoms with E-state index in [9.17, 15) is 59.4 Å². The van der Waals surface area contributed by atoms with Gasteiger partial charge in [0.05, 0.1) is 34.5 Å². The second kappa shape index (κ2) is 46.1. The highest BCUT2D eigenvalue weighted by Gasteiger charge is 2.17. The maximum atomic E-state index is 11.3. The summed E-state index contributed by atoms with van der Waals surface area (Å²) in [6.45, 7) is 0. The predicted molar refractivity (Wildman–Crippen MR) is 503 cm³/mol. The fourth-order valence-corrected chi connectivity index (χ4v) is 26.3. The molecule has 13 aromatic carbocycles. The molecule has 0 spiro atoms. The maximum absolute atomic E-state index is 11.3. The van der Waals surface area contributed by atoms with Gasteiger partial charge in [0.15, 0.2) is 0 Å². The molecule has 0 unspecified atom stereocenters. The highest BCUT2D eigenvalue weighted by Crippen LogP contribution is 2.47. The van der Waals surface area contributed by atoms with Gasteiger partial charge in [0.25, 0.3) is 0 Å². The van der Waals surface area contributed by atoms with Crippen LogP contribution in [0.3, 0.4) is 0 Å². The Morgan fingerprint density at radius 3 is 0.283 bits per heavy atom. The number of benzene rings is 13. The average Bonchev–Trinajstić information content (AvgIpc) is 0.826. The third-order valence-electron chi connectivity index (χ3n) is 15.8. The van der Waals surface area contributed by atoms with Gasteiger partial charge < -0.3 is 30.6 Å². The Kier molecular flexibility index (Phi) is 34.8. The number of carboxylic acid groups (broad SMARTS) is 6. The van der Waals surface area contributed by atoms with E-state index in [0.29, 0.717) is 0 Å². The quantitative estimate of drug-likeness (QED) is 0.0196. The summed E-state index contributed by atoms with van der Waals surface area (Å²) < 4.78 is 0. The van der Waals surface area contributed by atoms with Gasteiger partial charge in [-0.25, -0.2) is 0 Å². The number of aliphatic carboxylic acids is 6. The lowest BCUT2D eigenvalue weighted by Crippen LogP contribution is -1.97. The Hall–Kier alpha value is -7.02. The SMILES string of the molecule is O=C(O)CSc1ccc(Sc2cc(Sc3ccc(SCC(=O)O)cc3)cc(Sc3ccc(Sc4cc(Sc5ccc(Sc6cc(Sc7ccc(SCC(=O)O)cc7)cc(Sc7ccc(SCC(=O)O)cc7)c6)cc5)cc(Sc5ccc(Sc6cc(Sc7ccc(SCC(=O)O)cc7)cc(Sc7ccc(SCC(=O)O)cc7)c6)cc5)c4)cc3)c2)cc1. The molecule has 0 heterocycles. The second-order valence-corrected chi connectivity index (χ2v) is 45.2. The molecule has 30 heteroatoms. The van der Waals surface area contributed by atoms with Crippen molar-refractivity contribution in [2.75, 3.05) is 34.5 Å². The van der Waals surface area contributed by atoms with Crippen molar-refractivity contribution >= 4 is 248 Å². The zero-order valence-electron chi connectivity index (χ0n) is 62.4. The summed E-state index contributed by atoms with van der Waals surface area (Å²) in [4.78, 5) is 98.1. The number of rotatable bonds is 42. The summed E-state index contributed by atoms with van der Waals surface area (Å²) in [5, 5.41) is 55.7. The largest absolute Gasteiger partial charge is 0.481 e. The molecule has 606 valence electrons. The molecule has 120 heavy (non-hydrogen) atoms. The molecule has 0 saturated carbocycles. The third-order valence-corrected chi connectivity index (χ3v) is 33.6. The molecule has 0 bridgehead atoms. The van der Waals surface area contributed by atoms with Gasteiger partial charge in [-0.15, -0.1) is 70.6 Å². The van der Waals surface area contributed by atoms with Crippen molar-refractivity contribution in [3.8, 4) is 0 Å². The maximum Gasteiger partial charge on any atom is 0.313 e. The average molecular weight is 1920 g/mol. The van der Waals surface area contributed by atoms with E-state index in [1.54, 1.807) is 141 Å². The standard InChI is InChI=1S/C90H66O12S18/c91-85(92)49-103-55-1-13-61(14-2-55)109-73-37-74(110-62-15-3-56(4-16-62)104-50-86(93)94)41-79(40-73)115-67-25-31-70(32-26-67)118-82-46-83(119-71-33-27-68(28-34-71)116-80-42-75(111-63-17-5-57(6-18-63)105-51-87(95)96)38-76(43-80)112-64-19-7-58(8-20-64)106-52-88(97)98)48-84(47-82)120-72-35-29-69(30-36-72)117-81-44-77(113-65-21-9-59(10-22-65)107-53-89(99)100)39-78(45-81)114-66-23-11-60(12-24-66)108-54-90(101)102/h1-48H,49-54H2,(H,91,92)(H,93,94)(H,95,96)(H,97,98)(H,99,100)(H,101,102). The fraction of sp³-hybridized carbons (Fsp3) is 0.0667. The van der Waals surface area contributed by atoms with E-state index < -0.39 is 35.8 Å². The van der Waals surface area contributed by atoms with Crippen molar-refractivity contribution in [1.82, 2.24) is 0 Å². The van der Waals surface area contributed by atoms with E-state index >= 15 is 0 Å². The molecule has 0 atom stereocenters. The minimum Gasteiger partial charge on any atom is -0.481 e. The van der Waals surface area contributed by atoms with Crippen LogP contribution in [0.15, 0.2) is 438 Å². The van der Waals surface area contributed by atoms with Crippen molar-refractivity contribution in [2.45, 2.75) is 147 Å². The topological polar surface area (TPSA) is 224 Å². The first-order chi connectivity index (χ1) is 58.1. The Labute approximate surface area is 770 Å². The lowest BCUT2D eigenvalue weighted by atomic mass is 10.3. The van der Waals surface area contributed by atoms with Crippen molar-refractivity contribution in [1.29, 1.82) is 0 Å². The molecule has 0 aromatic heterocycles. The van der Waals surface area contributed by atoms with Gasteiger partial charge in [0, 0.05) is 147 Å². The molecule has 0 aliphatic carbocycles. The van der Waals surface area contributed by atoms with E-state index in [-0.39, 0.29) is 34.5 Å². The normalized spacial score (nSPS) is 11.2. The molecule has 12 nitrogen and oxygen atoms in total. The summed E-state index contributed by atoms with van der Waals surface area (Å²) in [5.41, 5.74) is 0. The number of carbonyl (C=O) groups is 6. The van der Waals surface area contributed by atoms with Crippen LogP contribution in [0.4, 0.5) is 0 Å². The van der Waals surface area contributed by atoms with Crippen LogP contribution in [-0.4, -0.2) is 101 Å². The van der Waals surface area contributed by atoms with Crippen molar-refractivity contribution in [3.63, 3.8) is 0 Å². The van der Waals surface area contributed by atoms with Crippen LogP contribution < -0.4 is 0 Å². The van der Waals surface area contributed by atoms with Crippen molar-refractivity contribution in [3.05, 3.63) is 291 Å². The first-order valence-corrected chi connectivity index (χ1v) is 51.6.